The molecule has 118 valence electrons. The highest BCUT2D eigenvalue weighted by molar-refractivity contribution is 5.89. The van der Waals surface area contributed by atoms with Gasteiger partial charge < -0.3 is 20.6 Å². The van der Waals surface area contributed by atoms with Gasteiger partial charge in [-0.25, -0.2) is 4.79 Å². The number of aliphatic carboxylic acids is 1. The molecule has 9 nitrogen and oxygen atoms in total. The summed E-state index contributed by atoms with van der Waals surface area (Å²) in [4.78, 5) is 48.8. The van der Waals surface area contributed by atoms with E-state index in [2.05, 4.69) is 21.0 Å². The maximum atomic E-state index is 11.5. The molecule has 0 spiro atoms. The minimum absolute atomic E-state index is 0.323. The fourth-order valence-electron chi connectivity index (χ4n) is 1.28. The maximum absolute atomic E-state index is 11.5. The summed E-state index contributed by atoms with van der Waals surface area (Å²) in [5.41, 5.74) is 2.49. The molecule has 4 N–H and O–H groups in total. The Balaban J connectivity index is 2.17. The Morgan fingerprint density at radius 2 is 1.50 bits per heavy atom. The lowest BCUT2D eigenvalue weighted by Gasteiger charge is -2.07. The molecule has 22 heavy (non-hydrogen) atoms. The lowest BCUT2D eigenvalue weighted by atomic mass is 10.2. The molecule has 0 aliphatic carbocycles. The van der Waals surface area contributed by atoms with Crippen molar-refractivity contribution in [3.8, 4) is 0 Å². The van der Waals surface area contributed by atoms with Crippen LogP contribution >= 0.6 is 0 Å². The highest BCUT2D eigenvalue weighted by Crippen LogP contribution is 1.99. The number of carboxylic acids is 1. The SMILES string of the molecule is O=C(O)CNC(=O)CNC(=O)CNOC(=O)c1ccccc1. The number of carbonyl (C=O) groups is 4. The topological polar surface area (TPSA) is 134 Å². The summed E-state index contributed by atoms with van der Waals surface area (Å²) in [5, 5.41) is 12.6. The summed E-state index contributed by atoms with van der Waals surface area (Å²) in [6.45, 7) is -1.24. The molecule has 0 aliphatic heterocycles. The largest absolute Gasteiger partial charge is 0.480 e. The number of hydrogen-bond donors (Lipinski definition) is 4. The predicted octanol–water partition coefficient (Wildman–Crippen LogP) is -1.33. The van der Waals surface area contributed by atoms with Crippen molar-refractivity contribution in [2.45, 2.75) is 0 Å². The Kier molecular flexibility index (Phi) is 7.06. The van der Waals surface area contributed by atoms with Crippen molar-refractivity contribution in [3.63, 3.8) is 0 Å². The molecular weight excluding hydrogens is 294 g/mol. The highest BCUT2D eigenvalue weighted by atomic mass is 16.7. The van der Waals surface area contributed by atoms with E-state index in [1.165, 1.54) is 0 Å². The van der Waals surface area contributed by atoms with E-state index < -0.39 is 30.3 Å². The Hall–Kier alpha value is -2.94. The average Bonchev–Trinajstić information content (AvgIpc) is 2.51. The molecule has 2 amide bonds. The van der Waals surface area contributed by atoms with Gasteiger partial charge in [0.25, 0.3) is 0 Å². The van der Waals surface area contributed by atoms with Gasteiger partial charge in [0, 0.05) is 0 Å². The van der Waals surface area contributed by atoms with Crippen LogP contribution in [0.25, 0.3) is 0 Å². The van der Waals surface area contributed by atoms with Crippen molar-refractivity contribution in [2.75, 3.05) is 19.6 Å². The van der Waals surface area contributed by atoms with Crippen LogP contribution in [0, 0.1) is 0 Å². The Labute approximate surface area is 125 Å². The van der Waals surface area contributed by atoms with E-state index in [0.717, 1.165) is 0 Å². The number of carbonyl (C=O) groups excluding carboxylic acids is 3. The van der Waals surface area contributed by atoms with Crippen molar-refractivity contribution in [1.29, 1.82) is 0 Å². The first-order valence-corrected chi connectivity index (χ1v) is 6.23. The van der Waals surface area contributed by atoms with E-state index >= 15 is 0 Å². The molecule has 9 heteroatoms. The number of benzene rings is 1. The van der Waals surface area contributed by atoms with Gasteiger partial charge in [0.05, 0.1) is 12.1 Å². The van der Waals surface area contributed by atoms with Crippen LogP contribution in [0.5, 0.6) is 0 Å². The van der Waals surface area contributed by atoms with Crippen LogP contribution in [0.3, 0.4) is 0 Å². The van der Waals surface area contributed by atoms with Crippen LogP contribution in [0.4, 0.5) is 0 Å². The number of carboxylic acid groups (broad SMARTS) is 1. The van der Waals surface area contributed by atoms with Gasteiger partial charge >= 0.3 is 11.9 Å². The molecule has 0 aromatic heterocycles. The molecule has 0 aliphatic rings. The molecule has 0 heterocycles. The van der Waals surface area contributed by atoms with Crippen LogP contribution in [-0.2, 0) is 19.2 Å². The third-order valence-electron chi connectivity index (χ3n) is 2.29. The van der Waals surface area contributed by atoms with Crippen LogP contribution in [0.2, 0.25) is 0 Å². The third kappa shape index (κ3) is 7.01. The summed E-state index contributed by atoms with van der Waals surface area (Å²) < 4.78 is 0. The lowest BCUT2D eigenvalue weighted by molar-refractivity contribution is -0.137. The van der Waals surface area contributed by atoms with Gasteiger partial charge in [-0.1, -0.05) is 18.2 Å². The van der Waals surface area contributed by atoms with Gasteiger partial charge in [-0.2, -0.15) is 0 Å². The minimum atomic E-state index is -1.19. The third-order valence-corrected chi connectivity index (χ3v) is 2.29. The number of amides is 2. The first-order valence-electron chi connectivity index (χ1n) is 6.23. The van der Waals surface area contributed by atoms with Crippen molar-refractivity contribution in [3.05, 3.63) is 35.9 Å². The first-order chi connectivity index (χ1) is 10.5. The summed E-state index contributed by atoms with van der Waals surface area (Å²) in [7, 11) is 0. The zero-order valence-corrected chi connectivity index (χ0v) is 11.5. The van der Waals surface area contributed by atoms with Crippen LogP contribution in [0.1, 0.15) is 10.4 Å². The second-order valence-corrected chi connectivity index (χ2v) is 4.02. The molecule has 0 saturated heterocycles. The molecule has 1 aromatic rings. The summed E-state index contributed by atoms with van der Waals surface area (Å²) in [6.07, 6.45) is 0. The molecule has 1 aromatic carbocycles. The summed E-state index contributed by atoms with van der Waals surface area (Å²) >= 11 is 0. The highest BCUT2D eigenvalue weighted by Gasteiger charge is 2.09. The van der Waals surface area contributed by atoms with Gasteiger partial charge in [0.15, 0.2) is 0 Å². The van der Waals surface area contributed by atoms with E-state index in [-0.39, 0.29) is 13.1 Å². The van der Waals surface area contributed by atoms with E-state index in [1.807, 2.05) is 0 Å². The molecule has 0 radical (unpaired) electrons. The average molecular weight is 309 g/mol. The molecule has 0 atom stereocenters. The van der Waals surface area contributed by atoms with Gasteiger partial charge in [0.1, 0.15) is 13.1 Å². The van der Waals surface area contributed by atoms with Gasteiger partial charge in [0.2, 0.25) is 11.8 Å². The predicted molar refractivity (Wildman–Crippen MR) is 73.5 cm³/mol. The summed E-state index contributed by atoms with van der Waals surface area (Å²) in [6, 6.07) is 8.18. The molecule has 0 saturated carbocycles. The number of rotatable bonds is 8. The Morgan fingerprint density at radius 3 is 2.14 bits per heavy atom. The fourth-order valence-corrected chi connectivity index (χ4v) is 1.28. The van der Waals surface area contributed by atoms with Crippen LogP contribution < -0.4 is 16.1 Å². The maximum Gasteiger partial charge on any atom is 0.356 e. The van der Waals surface area contributed by atoms with Crippen LogP contribution in [-0.4, -0.2) is 48.5 Å². The van der Waals surface area contributed by atoms with Gasteiger partial charge in [-0.3, -0.25) is 14.4 Å². The molecule has 1 rings (SSSR count). The zero-order chi connectivity index (χ0) is 16.4. The van der Waals surface area contributed by atoms with E-state index in [9.17, 15) is 19.2 Å². The smallest absolute Gasteiger partial charge is 0.356 e. The quantitative estimate of drug-likeness (QED) is 0.437. The van der Waals surface area contributed by atoms with Crippen molar-refractivity contribution < 1.29 is 29.1 Å². The van der Waals surface area contributed by atoms with Crippen molar-refractivity contribution in [1.82, 2.24) is 16.1 Å². The summed E-state index contributed by atoms with van der Waals surface area (Å²) in [5.74, 6) is -3.06. The van der Waals surface area contributed by atoms with Crippen molar-refractivity contribution >= 4 is 23.8 Å². The number of hydroxylamine groups is 1. The Morgan fingerprint density at radius 1 is 0.909 bits per heavy atom. The number of nitrogens with one attached hydrogen (secondary N) is 3. The fraction of sp³-hybridized carbons (Fsp3) is 0.231. The second kappa shape index (κ2) is 9.08. The van der Waals surface area contributed by atoms with E-state index in [0.29, 0.717) is 5.56 Å². The van der Waals surface area contributed by atoms with Crippen LogP contribution in [0.15, 0.2) is 30.3 Å². The molecule has 0 bridgehead atoms. The minimum Gasteiger partial charge on any atom is -0.480 e. The Bertz CT molecular complexity index is 546. The molecule has 0 fully saturated rings. The zero-order valence-electron chi connectivity index (χ0n) is 11.5. The second-order valence-electron chi connectivity index (χ2n) is 4.02. The van der Waals surface area contributed by atoms with Crippen molar-refractivity contribution in [2.24, 2.45) is 0 Å². The lowest BCUT2D eigenvalue weighted by Crippen LogP contribution is -2.42. The van der Waals surface area contributed by atoms with E-state index in [1.54, 1.807) is 30.3 Å². The number of hydrogen-bond acceptors (Lipinski definition) is 6. The standard InChI is InChI=1S/C13H15N3O6/c17-10(15-8-12(19)20)6-14-11(18)7-16-22-13(21)9-4-2-1-3-5-9/h1-5,16H,6-8H2,(H,14,18)(H,15,17)(H,19,20). The normalized spacial score (nSPS) is 9.64. The first kappa shape index (κ1) is 17.1. The van der Waals surface area contributed by atoms with Gasteiger partial charge in [-0.05, 0) is 12.1 Å². The van der Waals surface area contributed by atoms with Gasteiger partial charge in [-0.15, -0.1) is 5.48 Å². The molecule has 0 unspecified atom stereocenters. The molecular formula is C13H15N3O6. The van der Waals surface area contributed by atoms with E-state index in [4.69, 9.17) is 5.11 Å². The monoisotopic (exact) mass is 309 g/mol.